The van der Waals surface area contributed by atoms with Crippen LogP contribution in [0.3, 0.4) is 0 Å². The normalized spacial score (nSPS) is 11.8. The topological polar surface area (TPSA) is 93.4 Å². The number of rotatable bonds is 5. The molecule has 0 spiro atoms. The molecule has 0 N–H and O–H groups in total. The lowest BCUT2D eigenvalue weighted by molar-refractivity contribution is -0.385. The van der Waals surface area contributed by atoms with Gasteiger partial charge >= 0.3 is 0 Å². The van der Waals surface area contributed by atoms with Gasteiger partial charge in [-0.05, 0) is 26.0 Å². The van der Waals surface area contributed by atoms with Crippen LogP contribution >= 0.6 is 11.3 Å². The molecule has 9 heteroatoms. The van der Waals surface area contributed by atoms with E-state index in [0.717, 1.165) is 9.88 Å². The van der Waals surface area contributed by atoms with E-state index in [-0.39, 0.29) is 17.1 Å². The van der Waals surface area contributed by atoms with Gasteiger partial charge in [-0.15, -0.1) is 11.3 Å². The highest BCUT2D eigenvalue weighted by Gasteiger charge is 2.23. The van der Waals surface area contributed by atoms with Gasteiger partial charge in [0, 0.05) is 36.3 Å². The molecule has 1 aromatic heterocycles. The minimum Gasteiger partial charge on any atom is -0.258 e. The zero-order chi connectivity index (χ0) is 16.5. The van der Waals surface area contributed by atoms with Crippen LogP contribution in [-0.2, 0) is 16.6 Å². The van der Waals surface area contributed by atoms with Gasteiger partial charge in [-0.2, -0.15) is 4.31 Å². The van der Waals surface area contributed by atoms with Crippen LogP contribution in [0.5, 0.6) is 0 Å². The van der Waals surface area contributed by atoms with Crippen molar-refractivity contribution in [1.29, 1.82) is 0 Å². The van der Waals surface area contributed by atoms with E-state index in [4.69, 9.17) is 0 Å². The molecule has 1 heterocycles. The van der Waals surface area contributed by atoms with Gasteiger partial charge in [0.25, 0.3) is 5.69 Å². The Morgan fingerprint density at radius 3 is 2.55 bits per heavy atom. The van der Waals surface area contributed by atoms with Crippen LogP contribution in [0.25, 0.3) is 0 Å². The first-order valence-corrected chi connectivity index (χ1v) is 8.60. The van der Waals surface area contributed by atoms with Gasteiger partial charge in [0.05, 0.1) is 14.8 Å². The summed E-state index contributed by atoms with van der Waals surface area (Å²) < 4.78 is 26.2. The van der Waals surface area contributed by atoms with Gasteiger partial charge < -0.3 is 0 Å². The first-order chi connectivity index (χ1) is 10.2. The Morgan fingerprint density at radius 2 is 2.05 bits per heavy atom. The summed E-state index contributed by atoms with van der Waals surface area (Å²) in [5.74, 6) is 0. The molecule has 2 aromatic rings. The molecule has 0 aliphatic rings. The van der Waals surface area contributed by atoms with Gasteiger partial charge in [0.2, 0.25) is 10.0 Å². The van der Waals surface area contributed by atoms with Gasteiger partial charge in [0.1, 0.15) is 0 Å². The van der Waals surface area contributed by atoms with E-state index in [2.05, 4.69) is 4.98 Å². The first kappa shape index (κ1) is 16.5. The lowest BCUT2D eigenvalue weighted by atomic mass is 10.2. The average molecular weight is 341 g/mol. The Bertz CT molecular complexity index is 814. The second-order valence-electron chi connectivity index (χ2n) is 4.81. The summed E-state index contributed by atoms with van der Waals surface area (Å²) in [6.45, 7) is 3.58. The van der Waals surface area contributed by atoms with Crippen molar-refractivity contribution in [2.75, 3.05) is 7.05 Å². The summed E-state index contributed by atoms with van der Waals surface area (Å²) in [5, 5.41) is 11.7. The van der Waals surface area contributed by atoms with E-state index < -0.39 is 14.9 Å². The van der Waals surface area contributed by atoms with Crippen LogP contribution in [0.4, 0.5) is 5.69 Å². The third-order valence-corrected chi connectivity index (χ3v) is 5.82. The molecule has 0 amide bonds. The molecule has 0 fully saturated rings. The Labute approximate surface area is 132 Å². The summed E-state index contributed by atoms with van der Waals surface area (Å²) in [5.41, 5.74) is 0.216. The highest BCUT2D eigenvalue weighted by molar-refractivity contribution is 7.89. The quantitative estimate of drug-likeness (QED) is 0.615. The fourth-order valence-corrected chi connectivity index (χ4v) is 4.12. The molecule has 0 radical (unpaired) electrons. The van der Waals surface area contributed by atoms with Crippen molar-refractivity contribution < 1.29 is 13.3 Å². The molecular formula is C13H15N3O4S2. The van der Waals surface area contributed by atoms with E-state index >= 15 is 0 Å². The summed E-state index contributed by atoms with van der Waals surface area (Å²) >= 11 is 1.43. The molecule has 0 unspecified atom stereocenters. The summed E-state index contributed by atoms with van der Waals surface area (Å²) in [6, 6.07) is 3.80. The van der Waals surface area contributed by atoms with Crippen LogP contribution in [0.1, 0.15) is 15.4 Å². The molecule has 0 bridgehead atoms. The highest BCUT2D eigenvalue weighted by atomic mass is 32.2. The maximum Gasteiger partial charge on any atom is 0.272 e. The SMILES string of the molecule is Cc1ncc(CN(C)S(=O)(=O)c2ccc([N+](=O)[O-])c(C)c2)s1. The minimum atomic E-state index is -3.70. The standard InChI is InChI=1S/C13H15N3O4S2/c1-9-6-12(4-5-13(9)16(17)18)22(19,20)15(3)8-11-7-14-10(2)21-11/h4-7H,8H2,1-3H3. The zero-order valence-electron chi connectivity index (χ0n) is 12.3. The Morgan fingerprint density at radius 1 is 1.36 bits per heavy atom. The largest absolute Gasteiger partial charge is 0.272 e. The smallest absolute Gasteiger partial charge is 0.258 e. The van der Waals surface area contributed by atoms with Crippen molar-refractivity contribution in [3.8, 4) is 0 Å². The number of benzene rings is 1. The third kappa shape index (κ3) is 3.32. The maximum atomic E-state index is 12.5. The monoisotopic (exact) mass is 341 g/mol. The predicted molar refractivity (Wildman–Crippen MR) is 83.3 cm³/mol. The molecular weight excluding hydrogens is 326 g/mol. The number of nitrogens with zero attached hydrogens (tertiary/aromatic N) is 3. The van der Waals surface area contributed by atoms with Crippen LogP contribution in [0.2, 0.25) is 0 Å². The van der Waals surface area contributed by atoms with Gasteiger partial charge in [0.15, 0.2) is 0 Å². The summed E-state index contributed by atoms with van der Waals surface area (Å²) in [4.78, 5) is 15.2. The number of aromatic nitrogens is 1. The zero-order valence-corrected chi connectivity index (χ0v) is 13.9. The van der Waals surface area contributed by atoms with Gasteiger partial charge in [-0.25, -0.2) is 13.4 Å². The number of nitro groups is 1. The molecule has 0 aliphatic carbocycles. The van der Waals surface area contributed by atoms with E-state index in [9.17, 15) is 18.5 Å². The fraction of sp³-hybridized carbons (Fsp3) is 0.308. The fourth-order valence-electron chi connectivity index (χ4n) is 1.96. The highest BCUT2D eigenvalue weighted by Crippen LogP contribution is 2.24. The first-order valence-electron chi connectivity index (χ1n) is 6.34. The van der Waals surface area contributed by atoms with E-state index in [1.165, 1.54) is 47.8 Å². The van der Waals surface area contributed by atoms with Crippen LogP contribution < -0.4 is 0 Å². The van der Waals surface area contributed by atoms with Crippen molar-refractivity contribution in [2.45, 2.75) is 25.3 Å². The van der Waals surface area contributed by atoms with Crippen LogP contribution in [0.15, 0.2) is 29.3 Å². The van der Waals surface area contributed by atoms with Crippen molar-refractivity contribution in [3.05, 3.63) is 50.0 Å². The lowest BCUT2D eigenvalue weighted by Crippen LogP contribution is -2.26. The van der Waals surface area contributed by atoms with Crippen molar-refractivity contribution in [3.63, 3.8) is 0 Å². The van der Waals surface area contributed by atoms with Gasteiger partial charge in [-0.3, -0.25) is 10.1 Å². The Balaban J connectivity index is 2.29. The molecule has 0 saturated carbocycles. The number of sulfonamides is 1. The number of aryl methyl sites for hydroxylation is 2. The lowest BCUT2D eigenvalue weighted by Gasteiger charge is -2.16. The predicted octanol–water partition coefficient (Wildman–Crippen LogP) is 2.49. The Kier molecular flexibility index (Phi) is 4.59. The molecule has 0 atom stereocenters. The second kappa shape index (κ2) is 6.11. The second-order valence-corrected chi connectivity index (χ2v) is 8.18. The van der Waals surface area contributed by atoms with Crippen molar-refractivity contribution in [2.24, 2.45) is 0 Å². The molecule has 0 saturated heterocycles. The van der Waals surface area contributed by atoms with Crippen molar-refractivity contribution in [1.82, 2.24) is 9.29 Å². The summed E-state index contributed by atoms with van der Waals surface area (Å²) in [6.07, 6.45) is 1.65. The van der Waals surface area contributed by atoms with Crippen LogP contribution in [-0.4, -0.2) is 29.7 Å². The van der Waals surface area contributed by atoms with E-state index in [1.807, 2.05) is 6.92 Å². The van der Waals surface area contributed by atoms with E-state index in [0.29, 0.717) is 5.56 Å². The number of nitro benzene ring substituents is 1. The maximum absolute atomic E-state index is 12.5. The molecule has 7 nitrogen and oxygen atoms in total. The van der Waals surface area contributed by atoms with Crippen molar-refractivity contribution >= 4 is 27.0 Å². The molecule has 22 heavy (non-hydrogen) atoms. The van der Waals surface area contributed by atoms with Gasteiger partial charge in [-0.1, -0.05) is 0 Å². The molecule has 1 aromatic carbocycles. The molecule has 2 rings (SSSR count). The average Bonchev–Trinajstić information content (AvgIpc) is 2.83. The molecule has 0 aliphatic heterocycles. The number of thiazole rings is 1. The summed E-state index contributed by atoms with van der Waals surface area (Å²) in [7, 11) is -2.23. The van der Waals surface area contributed by atoms with Crippen LogP contribution in [0, 0.1) is 24.0 Å². The number of hydrogen-bond donors (Lipinski definition) is 0. The molecule has 118 valence electrons. The Hall–Kier alpha value is -1.84. The van der Waals surface area contributed by atoms with E-state index in [1.54, 1.807) is 6.20 Å². The minimum absolute atomic E-state index is 0.0411. The number of hydrogen-bond acceptors (Lipinski definition) is 6. The third-order valence-electron chi connectivity index (χ3n) is 3.12.